The van der Waals surface area contributed by atoms with Gasteiger partial charge in [-0.3, -0.25) is 14.4 Å². The van der Waals surface area contributed by atoms with Gasteiger partial charge in [-0.1, -0.05) is 41.7 Å². The fraction of sp³-hybridized carbons (Fsp3) is 0.238. The van der Waals surface area contributed by atoms with Crippen LogP contribution in [0.3, 0.4) is 0 Å². The minimum absolute atomic E-state index is 0.168. The van der Waals surface area contributed by atoms with E-state index in [4.69, 9.17) is 46.3 Å². The van der Waals surface area contributed by atoms with Crippen LogP contribution in [0.5, 0.6) is 0 Å². The zero-order chi connectivity index (χ0) is 24.8. The van der Waals surface area contributed by atoms with Crippen LogP contribution in [0.25, 0.3) is 0 Å². The van der Waals surface area contributed by atoms with E-state index in [2.05, 4.69) is 15.6 Å². The van der Waals surface area contributed by atoms with E-state index >= 15 is 0 Å². The summed E-state index contributed by atoms with van der Waals surface area (Å²) in [5.41, 5.74) is 10.2. The Bertz CT molecular complexity index is 1090. The fourth-order valence-electron chi connectivity index (χ4n) is 3.18. The summed E-state index contributed by atoms with van der Waals surface area (Å²) in [6, 6.07) is 8.82. The molecule has 33 heavy (non-hydrogen) atoms. The van der Waals surface area contributed by atoms with Gasteiger partial charge in [0.2, 0.25) is 5.91 Å². The first-order valence-electron chi connectivity index (χ1n) is 9.62. The molecule has 2 aromatic rings. The molecule has 2 aromatic carbocycles. The number of rotatable bonds is 9. The van der Waals surface area contributed by atoms with Crippen LogP contribution in [0.1, 0.15) is 35.7 Å². The molecule has 0 aliphatic heterocycles. The Kier molecular flexibility index (Phi) is 8.92. The number of benzene rings is 2. The first-order chi connectivity index (χ1) is 15.5. The Hall–Kier alpha value is -3.01. The normalized spacial score (nSPS) is 12.4. The number of amides is 2. The molecule has 0 aliphatic rings. The molecule has 2 amide bonds. The van der Waals surface area contributed by atoms with E-state index in [9.17, 15) is 19.5 Å². The predicted octanol–water partition coefficient (Wildman–Crippen LogP) is 3.18. The van der Waals surface area contributed by atoms with Gasteiger partial charge in [0.15, 0.2) is 5.96 Å². The molecule has 1 atom stereocenters. The number of halogens is 3. The SMILES string of the molecule is CCC(CC(=O)O)(NC(=O)CNC(=O)c1ccc(Cl)c(N=C(N)N)c1)c1cc(Cl)cc(Cl)c1. The Morgan fingerprint density at radius 3 is 2.24 bits per heavy atom. The number of aliphatic carboxylic acids is 1. The molecule has 12 heteroatoms. The van der Waals surface area contributed by atoms with Gasteiger partial charge in [0.05, 0.1) is 29.2 Å². The highest BCUT2D eigenvalue weighted by Gasteiger charge is 2.35. The molecular formula is C21H22Cl3N5O4. The maximum atomic E-state index is 12.7. The minimum atomic E-state index is -1.29. The second kappa shape index (κ2) is 11.2. The summed E-state index contributed by atoms with van der Waals surface area (Å²) >= 11 is 18.2. The fourth-order valence-corrected chi connectivity index (χ4v) is 3.86. The van der Waals surface area contributed by atoms with Gasteiger partial charge in [-0.25, -0.2) is 4.99 Å². The number of guanidine groups is 1. The zero-order valence-corrected chi connectivity index (χ0v) is 19.8. The van der Waals surface area contributed by atoms with Crippen molar-refractivity contribution in [1.82, 2.24) is 10.6 Å². The van der Waals surface area contributed by atoms with Crippen LogP contribution >= 0.6 is 34.8 Å². The van der Waals surface area contributed by atoms with Crippen LogP contribution in [-0.4, -0.2) is 35.4 Å². The van der Waals surface area contributed by atoms with Crippen molar-refractivity contribution in [2.45, 2.75) is 25.3 Å². The molecule has 0 aromatic heterocycles. The van der Waals surface area contributed by atoms with Crippen molar-refractivity contribution in [3.8, 4) is 0 Å². The summed E-state index contributed by atoms with van der Waals surface area (Å²) in [4.78, 5) is 40.6. The van der Waals surface area contributed by atoms with Crippen LogP contribution in [0.4, 0.5) is 5.69 Å². The van der Waals surface area contributed by atoms with Crippen LogP contribution < -0.4 is 22.1 Å². The number of carbonyl (C=O) groups excluding carboxylic acids is 2. The van der Waals surface area contributed by atoms with E-state index in [1.54, 1.807) is 6.92 Å². The Balaban J connectivity index is 2.20. The Morgan fingerprint density at radius 2 is 1.70 bits per heavy atom. The number of nitrogens with two attached hydrogens (primary N) is 2. The molecule has 0 spiro atoms. The highest BCUT2D eigenvalue weighted by Crippen LogP contribution is 2.33. The van der Waals surface area contributed by atoms with Crippen molar-refractivity contribution in [1.29, 1.82) is 0 Å². The van der Waals surface area contributed by atoms with Gasteiger partial charge in [0.1, 0.15) is 0 Å². The number of carbonyl (C=O) groups is 3. The molecule has 0 bridgehead atoms. The van der Waals surface area contributed by atoms with Gasteiger partial charge in [0.25, 0.3) is 5.91 Å². The topological polar surface area (TPSA) is 160 Å². The monoisotopic (exact) mass is 513 g/mol. The van der Waals surface area contributed by atoms with Crippen molar-refractivity contribution in [3.63, 3.8) is 0 Å². The molecule has 0 fully saturated rings. The van der Waals surface area contributed by atoms with Crippen molar-refractivity contribution >= 4 is 64.2 Å². The number of aliphatic imine (C=N–C) groups is 1. The second-order valence-electron chi connectivity index (χ2n) is 7.10. The number of nitrogens with zero attached hydrogens (tertiary/aromatic N) is 1. The lowest BCUT2D eigenvalue weighted by molar-refractivity contribution is -0.139. The molecule has 0 saturated heterocycles. The quantitative estimate of drug-likeness (QED) is 0.255. The summed E-state index contributed by atoms with van der Waals surface area (Å²) in [7, 11) is 0. The lowest BCUT2D eigenvalue weighted by atomic mass is 9.84. The zero-order valence-electron chi connectivity index (χ0n) is 17.5. The summed E-state index contributed by atoms with van der Waals surface area (Å²) < 4.78 is 0. The maximum Gasteiger partial charge on any atom is 0.306 e. The standard InChI is InChI=1S/C21H22Cl3N5O4/c1-2-21(9-18(31)32,12-6-13(22)8-14(23)7-12)29-17(30)10-27-19(33)11-3-4-15(24)16(5-11)28-20(25)26/h3-8H,2,9-10H2,1H3,(H,27,33)(H,29,30)(H,31,32)(H4,25,26,28). The average Bonchev–Trinajstić information content (AvgIpc) is 2.71. The van der Waals surface area contributed by atoms with Gasteiger partial charge in [-0.05, 0) is 48.4 Å². The highest BCUT2D eigenvalue weighted by molar-refractivity contribution is 6.34. The number of carboxylic acids is 1. The maximum absolute atomic E-state index is 12.7. The summed E-state index contributed by atoms with van der Waals surface area (Å²) in [6.45, 7) is 1.30. The summed E-state index contributed by atoms with van der Waals surface area (Å²) in [5.74, 6) is -2.56. The van der Waals surface area contributed by atoms with Crippen molar-refractivity contribution < 1.29 is 19.5 Å². The van der Waals surface area contributed by atoms with Gasteiger partial charge < -0.3 is 27.2 Å². The molecule has 0 saturated carbocycles. The lowest BCUT2D eigenvalue weighted by Crippen LogP contribution is -2.50. The third-order valence-electron chi connectivity index (χ3n) is 4.72. The van der Waals surface area contributed by atoms with Crippen LogP contribution in [0, 0.1) is 0 Å². The Morgan fingerprint density at radius 1 is 1.06 bits per heavy atom. The molecule has 0 aliphatic carbocycles. The number of hydrogen-bond donors (Lipinski definition) is 5. The van der Waals surface area contributed by atoms with Gasteiger partial charge in [-0.2, -0.15) is 0 Å². The average molecular weight is 515 g/mol. The van der Waals surface area contributed by atoms with E-state index < -0.39 is 36.3 Å². The van der Waals surface area contributed by atoms with E-state index in [-0.39, 0.29) is 28.7 Å². The first-order valence-corrected chi connectivity index (χ1v) is 10.8. The smallest absolute Gasteiger partial charge is 0.306 e. The Labute approximate surface area is 205 Å². The van der Waals surface area contributed by atoms with E-state index in [0.717, 1.165) is 0 Å². The molecular weight excluding hydrogens is 493 g/mol. The summed E-state index contributed by atoms with van der Waals surface area (Å²) in [5, 5.41) is 15.4. The molecule has 9 nitrogen and oxygen atoms in total. The lowest BCUT2D eigenvalue weighted by Gasteiger charge is -2.33. The second-order valence-corrected chi connectivity index (χ2v) is 8.38. The largest absolute Gasteiger partial charge is 0.481 e. The molecule has 0 heterocycles. The third kappa shape index (κ3) is 7.24. The van der Waals surface area contributed by atoms with Gasteiger partial charge >= 0.3 is 5.97 Å². The number of nitrogens with one attached hydrogen (secondary N) is 2. The molecule has 0 radical (unpaired) electrons. The first kappa shape index (κ1) is 26.2. The van der Waals surface area contributed by atoms with E-state index in [1.165, 1.54) is 36.4 Å². The summed E-state index contributed by atoms with van der Waals surface area (Å²) in [6.07, 6.45) is -0.187. The van der Waals surface area contributed by atoms with Crippen molar-refractivity contribution in [2.75, 3.05) is 6.54 Å². The molecule has 7 N–H and O–H groups in total. The molecule has 2 rings (SSSR count). The van der Waals surface area contributed by atoms with Gasteiger partial charge in [-0.15, -0.1) is 0 Å². The van der Waals surface area contributed by atoms with Crippen molar-refractivity contribution in [3.05, 3.63) is 62.6 Å². The predicted molar refractivity (Wildman–Crippen MR) is 128 cm³/mol. The third-order valence-corrected chi connectivity index (χ3v) is 5.47. The number of hydrogen-bond acceptors (Lipinski definition) is 4. The highest BCUT2D eigenvalue weighted by atomic mass is 35.5. The number of carboxylic acid groups (broad SMARTS) is 1. The molecule has 176 valence electrons. The van der Waals surface area contributed by atoms with Gasteiger partial charge in [0, 0.05) is 15.6 Å². The van der Waals surface area contributed by atoms with Crippen LogP contribution in [0.15, 0.2) is 41.4 Å². The molecule has 1 unspecified atom stereocenters. The van der Waals surface area contributed by atoms with E-state index in [1.807, 2.05) is 0 Å². The van der Waals surface area contributed by atoms with E-state index in [0.29, 0.717) is 15.6 Å². The van der Waals surface area contributed by atoms with Crippen LogP contribution in [-0.2, 0) is 15.1 Å². The van der Waals surface area contributed by atoms with Crippen molar-refractivity contribution in [2.24, 2.45) is 16.5 Å². The minimum Gasteiger partial charge on any atom is -0.481 e. The van der Waals surface area contributed by atoms with Crippen LogP contribution in [0.2, 0.25) is 15.1 Å².